The number of aromatic nitrogens is 3. The van der Waals surface area contributed by atoms with Crippen LogP contribution in [0.3, 0.4) is 0 Å². The zero-order chi connectivity index (χ0) is 17.1. The number of rotatable bonds is 3. The first-order chi connectivity index (χ1) is 11.5. The lowest BCUT2D eigenvalue weighted by molar-refractivity contribution is 0.0842. The number of hydrogen-bond donors (Lipinski definition) is 2. The Morgan fingerprint density at radius 3 is 2.38 bits per heavy atom. The predicted octanol–water partition coefficient (Wildman–Crippen LogP) is 1.46. The van der Waals surface area contributed by atoms with Crippen molar-refractivity contribution >= 4 is 11.8 Å². The summed E-state index contributed by atoms with van der Waals surface area (Å²) in [6, 6.07) is 10.0. The smallest absolute Gasteiger partial charge is 0.286 e. The van der Waals surface area contributed by atoms with Crippen molar-refractivity contribution in [3.8, 4) is 11.5 Å². The molecule has 122 valence electrons. The van der Waals surface area contributed by atoms with Crippen LogP contribution in [-0.4, -0.2) is 26.5 Å². The van der Waals surface area contributed by atoms with E-state index in [1.165, 1.54) is 0 Å². The summed E-state index contributed by atoms with van der Waals surface area (Å²) < 4.78 is 6.72. The van der Waals surface area contributed by atoms with E-state index in [9.17, 15) is 9.59 Å². The third-order valence-electron chi connectivity index (χ3n) is 3.39. The van der Waals surface area contributed by atoms with Gasteiger partial charge in [0.05, 0.1) is 0 Å². The number of hydrazine groups is 1. The van der Waals surface area contributed by atoms with Crippen LogP contribution < -0.4 is 10.9 Å². The summed E-state index contributed by atoms with van der Waals surface area (Å²) in [4.78, 5) is 28.1. The highest BCUT2D eigenvalue weighted by Crippen LogP contribution is 2.17. The number of carbonyl (C=O) groups is 2. The Bertz CT molecular complexity index is 879. The zero-order valence-electron chi connectivity index (χ0n) is 13.1. The molecule has 3 aromatic rings. The fourth-order valence-electron chi connectivity index (χ4n) is 2.13. The first-order valence-electron chi connectivity index (χ1n) is 7.17. The third-order valence-corrected chi connectivity index (χ3v) is 3.39. The molecule has 2 amide bonds. The lowest BCUT2D eigenvalue weighted by atomic mass is 10.1. The highest BCUT2D eigenvalue weighted by Gasteiger charge is 2.12. The van der Waals surface area contributed by atoms with E-state index < -0.39 is 11.8 Å². The van der Waals surface area contributed by atoms with Crippen LogP contribution in [0.1, 0.15) is 26.7 Å². The minimum Gasteiger partial charge on any atom is -0.347 e. The van der Waals surface area contributed by atoms with Crippen LogP contribution in [-0.2, 0) is 7.05 Å². The summed E-state index contributed by atoms with van der Waals surface area (Å²) >= 11 is 0. The Balaban J connectivity index is 1.63. The summed E-state index contributed by atoms with van der Waals surface area (Å²) in [5, 5.41) is 3.72. The summed E-state index contributed by atoms with van der Waals surface area (Å²) in [5.41, 5.74) is 6.29. The van der Waals surface area contributed by atoms with E-state index in [2.05, 4.69) is 21.0 Å². The summed E-state index contributed by atoms with van der Waals surface area (Å²) in [5.74, 6) is 0.103. The van der Waals surface area contributed by atoms with E-state index in [1.807, 2.05) is 0 Å². The topological polar surface area (TPSA) is 102 Å². The minimum atomic E-state index is -0.425. The number of carbonyl (C=O) groups excluding carboxylic acids is 2. The summed E-state index contributed by atoms with van der Waals surface area (Å²) in [7, 11) is 1.74. The summed E-state index contributed by atoms with van der Waals surface area (Å²) in [6.45, 7) is 1.73. The van der Waals surface area contributed by atoms with Gasteiger partial charge in [0, 0.05) is 24.4 Å². The van der Waals surface area contributed by atoms with Gasteiger partial charge in [0.2, 0.25) is 0 Å². The van der Waals surface area contributed by atoms with E-state index in [4.69, 9.17) is 4.52 Å². The Morgan fingerprint density at radius 1 is 1.08 bits per heavy atom. The Labute approximate surface area is 137 Å². The van der Waals surface area contributed by atoms with Gasteiger partial charge in [0.1, 0.15) is 5.69 Å². The van der Waals surface area contributed by atoms with Crippen molar-refractivity contribution in [2.24, 2.45) is 7.05 Å². The van der Waals surface area contributed by atoms with E-state index in [-0.39, 0.29) is 0 Å². The van der Waals surface area contributed by atoms with Crippen molar-refractivity contribution in [1.82, 2.24) is 25.6 Å². The quantitative estimate of drug-likeness (QED) is 0.710. The maximum atomic E-state index is 12.1. The molecule has 3 rings (SSSR count). The van der Waals surface area contributed by atoms with Gasteiger partial charge in [0.15, 0.2) is 5.82 Å². The van der Waals surface area contributed by atoms with Crippen LogP contribution in [0.15, 0.2) is 47.1 Å². The molecule has 8 heteroatoms. The molecule has 0 atom stereocenters. The largest absolute Gasteiger partial charge is 0.347 e. The van der Waals surface area contributed by atoms with Crippen molar-refractivity contribution in [2.75, 3.05) is 0 Å². The number of hydrogen-bond acceptors (Lipinski definition) is 5. The van der Waals surface area contributed by atoms with Crippen LogP contribution in [0.4, 0.5) is 0 Å². The number of nitrogens with zero attached hydrogens (tertiary/aromatic N) is 3. The van der Waals surface area contributed by atoms with E-state index >= 15 is 0 Å². The molecule has 8 nitrogen and oxygen atoms in total. The van der Waals surface area contributed by atoms with Crippen molar-refractivity contribution in [3.63, 3.8) is 0 Å². The predicted molar refractivity (Wildman–Crippen MR) is 84.8 cm³/mol. The maximum Gasteiger partial charge on any atom is 0.286 e. The number of benzene rings is 1. The van der Waals surface area contributed by atoms with Gasteiger partial charge >= 0.3 is 0 Å². The Kier molecular flexibility index (Phi) is 4.11. The van der Waals surface area contributed by atoms with Gasteiger partial charge in [-0.2, -0.15) is 4.98 Å². The molecule has 2 N–H and O–H groups in total. The fourth-order valence-corrected chi connectivity index (χ4v) is 2.13. The first-order valence-corrected chi connectivity index (χ1v) is 7.17. The monoisotopic (exact) mass is 325 g/mol. The number of aryl methyl sites for hydroxylation is 2. The molecular formula is C16H15N5O3. The van der Waals surface area contributed by atoms with Crippen LogP contribution in [0.25, 0.3) is 11.5 Å². The van der Waals surface area contributed by atoms with Gasteiger partial charge in [-0.1, -0.05) is 5.16 Å². The second-order valence-electron chi connectivity index (χ2n) is 5.14. The van der Waals surface area contributed by atoms with Gasteiger partial charge in [-0.3, -0.25) is 20.4 Å². The minimum absolute atomic E-state index is 0.386. The molecule has 0 saturated heterocycles. The van der Waals surface area contributed by atoms with Crippen LogP contribution in [0, 0.1) is 6.92 Å². The van der Waals surface area contributed by atoms with E-state index in [0.29, 0.717) is 28.5 Å². The molecule has 2 heterocycles. The first kappa shape index (κ1) is 15.5. The molecular weight excluding hydrogens is 310 g/mol. The average Bonchev–Trinajstić information content (AvgIpc) is 3.21. The zero-order valence-corrected chi connectivity index (χ0v) is 13.1. The molecule has 0 aliphatic carbocycles. The number of amides is 2. The average molecular weight is 325 g/mol. The van der Waals surface area contributed by atoms with Gasteiger partial charge in [0.25, 0.3) is 17.7 Å². The van der Waals surface area contributed by atoms with Gasteiger partial charge in [-0.05, 0) is 43.3 Å². The standard InChI is InChI=1S/C16H15N5O3/c1-10-17-16(24-20-10)12-7-5-11(6-8-12)14(22)18-19-15(23)13-4-3-9-21(13)2/h3-9H,1-2H3,(H,18,22)(H,19,23). The van der Waals surface area contributed by atoms with Gasteiger partial charge in [-0.25, -0.2) is 0 Å². The number of nitrogens with one attached hydrogen (secondary N) is 2. The van der Waals surface area contributed by atoms with Crippen molar-refractivity contribution in [1.29, 1.82) is 0 Å². The molecule has 0 bridgehead atoms. The third kappa shape index (κ3) is 3.17. The van der Waals surface area contributed by atoms with E-state index in [0.717, 1.165) is 0 Å². The van der Waals surface area contributed by atoms with E-state index in [1.54, 1.807) is 61.1 Å². The van der Waals surface area contributed by atoms with Crippen LogP contribution in [0.5, 0.6) is 0 Å². The summed E-state index contributed by atoms with van der Waals surface area (Å²) in [6.07, 6.45) is 1.74. The lowest BCUT2D eigenvalue weighted by Crippen LogP contribution is -2.42. The Morgan fingerprint density at radius 2 is 1.79 bits per heavy atom. The molecule has 2 aromatic heterocycles. The van der Waals surface area contributed by atoms with Crippen molar-refractivity contribution in [2.45, 2.75) is 6.92 Å². The molecule has 0 radical (unpaired) electrons. The fraction of sp³-hybridized carbons (Fsp3) is 0.125. The van der Waals surface area contributed by atoms with Crippen molar-refractivity contribution in [3.05, 3.63) is 59.7 Å². The second kappa shape index (κ2) is 6.37. The molecule has 24 heavy (non-hydrogen) atoms. The molecule has 0 fully saturated rings. The van der Waals surface area contributed by atoms with Gasteiger partial charge < -0.3 is 9.09 Å². The lowest BCUT2D eigenvalue weighted by Gasteiger charge is -2.08. The molecule has 1 aromatic carbocycles. The van der Waals surface area contributed by atoms with Crippen LogP contribution in [0.2, 0.25) is 0 Å². The normalized spacial score (nSPS) is 10.4. The molecule has 0 saturated carbocycles. The molecule has 0 spiro atoms. The van der Waals surface area contributed by atoms with Gasteiger partial charge in [-0.15, -0.1) is 0 Å². The SMILES string of the molecule is Cc1noc(-c2ccc(C(=O)NNC(=O)c3cccn3C)cc2)n1. The molecule has 0 unspecified atom stereocenters. The van der Waals surface area contributed by atoms with Crippen molar-refractivity contribution < 1.29 is 14.1 Å². The second-order valence-corrected chi connectivity index (χ2v) is 5.14. The maximum absolute atomic E-state index is 12.1. The van der Waals surface area contributed by atoms with Crippen LogP contribution >= 0.6 is 0 Å². The molecule has 0 aliphatic heterocycles. The Hall–Kier alpha value is -3.42. The highest BCUT2D eigenvalue weighted by atomic mass is 16.5. The highest BCUT2D eigenvalue weighted by molar-refractivity contribution is 5.98. The molecule has 0 aliphatic rings.